The first kappa shape index (κ1) is 21.1. The standard InChI is InChI=1S/C24H26BrN3OS/c1-14-7-15(2)22(16(3)8-14)24(4)10-18(11-24)20-13-30-23(27-20)28-26-12-17-9-19(25)5-6-21(17)29/h5-9,12-13,18,29H,10-11H2,1-4H3,(H,27,28)/b26-12+. The van der Waals surface area contributed by atoms with Gasteiger partial charge in [-0.15, -0.1) is 11.3 Å². The normalized spacial score (nSPS) is 21.0. The van der Waals surface area contributed by atoms with Gasteiger partial charge in [0.2, 0.25) is 5.13 Å². The SMILES string of the molecule is Cc1cc(C)c(C2(C)CC(c3csc(N/N=C/c4cc(Br)ccc4O)n3)C2)c(C)c1. The molecule has 1 heterocycles. The Morgan fingerprint density at radius 3 is 2.60 bits per heavy atom. The Bertz CT molecular complexity index is 1090. The topological polar surface area (TPSA) is 57.5 Å². The van der Waals surface area contributed by atoms with Crippen LogP contribution in [0.4, 0.5) is 5.13 Å². The third-order valence-corrected chi connectivity index (χ3v) is 7.23. The van der Waals surface area contributed by atoms with Gasteiger partial charge in [0.1, 0.15) is 5.75 Å². The van der Waals surface area contributed by atoms with E-state index in [0.717, 1.165) is 28.1 Å². The second-order valence-electron chi connectivity index (χ2n) is 8.59. The van der Waals surface area contributed by atoms with Crippen LogP contribution in [0.1, 0.15) is 59.2 Å². The predicted molar refractivity (Wildman–Crippen MR) is 129 cm³/mol. The number of phenolic OH excluding ortho intramolecular Hbond substituents is 1. The quantitative estimate of drug-likeness (QED) is 0.309. The number of thiazole rings is 1. The molecule has 0 aliphatic heterocycles. The van der Waals surface area contributed by atoms with Gasteiger partial charge in [-0.3, -0.25) is 5.43 Å². The molecule has 0 unspecified atom stereocenters. The molecule has 1 aromatic heterocycles. The molecule has 6 heteroatoms. The molecule has 4 rings (SSSR count). The lowest BCUT2D eigenvalue weighted by atomic mass is 9.57. The molecule has 3 aromatic rings. The van der Waals surface area contributed by atoms with Crippen molar-refractivity contribution in [3.05, 3.63) is 73.7 Å². The fourth-order valence-corrected chi connectivity index (χ4v) is 6.00. The molecule has 1 aliphatic carbocycles. The van der Waals surface area contributed by atoms with Gasteiger partial charge in [-0.25, -0.2) is 4.98 Å². The second kappa shape index (κ2) is 8.16. The Balaban J connectivity index is 1.41. The largest absolute Gasteiger partial charge is 0.507 e. The van der Waals surface area contributed by atoms with Gasteiger partial charge in [-0.05, 0) is 73.9 Å². The first-order valence-corrected chi connectivity index (χ1v) is 11.7. The Morgan fingerprint density at radius 1 is 1.20 bits per heavy atom. The summed E-state index contributed by atoms with van der Waals surface area (Å²) < 4.78 is 0.894. The lowest BCUT2D eigenvalue weighted by Gasteiger charge is -2.47. The highest BCUT2D eigenvalue weighted by Crippen LogP contribution is 2.54. The molecule has 0 atom stereocenters. The molecule has 4 nitrogen and oxygen atoms in total. The van der Waals surface area contributed by atoms with Crippen molar-refractivity contribution in [1.82, 2.24) is 4.98 Å². The minimum absolute atomic E-state index is 0.194. The number of nitrogens with one attached hydrogen (secondary N) is 1. The number of nitrogens with zero attached hydrogens (tertiary/aromatic N) is 2. The summed E-state index contributed by atoms with van der Waals surface area (Å²) in [6.07, 6.45) is 3.84. The molecule has 0 saturated heterocycles. The zero-order valence-corrected chi connectivity index (χ0v) is 20.1. The van der Waals surface area contributed by atoms with E-state index in [1.807, 2.05) is 6.07 Å². The lowest BCUT2D eigenvalue weighted by Crippen LogP contribution is -2.38. The van der Waals surface area contributed by atoms with E-state index in [4.69, 9.17) is 4.98 Å². The zero-order valence-electron chi connectivity index (χ0n) is 17.7. The number of anilines is 1. The predicted octanol–water partition coefficient (Wildman–Crippen LogP) is 6.82. The number of aromatic nitrogens is 1. The fraction of sp³-hybridized carbons (Fsp3) is 0.333. The van der Waals surface area contributed by atoms with E-state index < -0.39 is 0 Å². The second-order valence-corrected chi connectivity index (χ2v) is 10.4. The van der Waals surface area contributed by atoms with Crippen LogP contribution in [0, 0.1) is 20.8 Å². The maximum absolute atomic E-state index is 9.89. The molecular formula is C24H26BrN3OS. The first-order valence-electron chi connectivity index (χ1n) is 10.1. The van der Waals surface area contributed by atoms with Crippen LogP contribution in [-0.4, -0.2) is 16.3 Å². The highest BCUT2D eigenvalue weighted by atomic mass is 79.9. The summed E-state index contributed by atoms with van der Waals surface area (Å²) in [5.41, 5.74) is 10.6. The van der Waals surface area contributed by atoms with Crippen molar-refractivity contribution >= 4 is 38.6 Å². The molecule has 1 fully saturated rings. The summed E-state index contributed by atoms with van der Waals surface area (Å²) >= 11 is 4.97. The number of hydrogen-bond donors (Lipinski definition) is 2. The molecule has 2 N–H and O–H groups in total. The average Bonchev–Trinajstić information content (AvgIpc) is 3.10. The van der Waals surface area contributed by atoms with E-state index in [2.05, 4.69) is 71.7 Å². The average molecular weight is 484 g/mol. The number of rotatable bonds is 5. The van der Waals surface area contributed by atoms with Gasteiger partial charge in [0, 0.05) is 21.3 Å². The van der Waals surface area contributed by atoms with Crippen LogP contribution in [-0.2, 0) is 5.41 Å². The van der Waals surface area contributed by atoms with Crippen LogP contribution < -0.4 is 5.43 Å². The van der Waals surface area contributed by atoms with E-state index >= 15 is 0 Å². The first-order chi connectivity index (χ1) is 14.2. The smallest absolute Gasteiger partial charge is 0.203 e. The maximum atomic E-state index is 9.89. The molecule has 0 amide bonds. The highest BCUT2D eigenvalue weighted by Gasteiger charge is 2.44. The van der Waals surface area contributed by atoms with E-state index in [0.29, 0.717) is 11.5 Å². The summed E-state index contributed by atoms with van der Waals surface area (Å²) in [7, 11) is 0. The van der Waals surface area contributed by atoms with Crippen molar-refractivity contribution in [2.75, 3.05) is 5.43 Å². The molecule has 1 saturated carbocycles. The van der Waals surface area contributed by atoms with Crippen LogP contribution in [0.5, 0.6) is 5.75 Å². The van der Waals surface area contributed by atoms with Gasteiger partial charge in [-0.2, -0.15) is 5.10 Å². The molecule has 0 bridgehead atoms. The van der Waals surface area contributed by atoms with Gasteiger partial charge < -0.3 is 5.11 Å². The number of halogens is 1. The molecule has 0 spiro atoms. The van der Waals surface area contributed by atoms with Gasteiger partial charge in [0.15, 0.2) is 0 Å². The Labute approximate surface area is 190 Å². The third kappa shape index (κ3) is 4.16. The number of hydrogen-bond acceptors (Lipinski definition) is 5. The van der Waals surface area contributed by atoms with E-state index in [9.17, 15) is 5.11 Å². The van der Waals surface area contributed by atoms with Crippen LogP contribution >= 0.6 is 27.3 Å². The van der Waals surface area contributed by atoms with Crippen molar-refractivity contribution < 1.29 is 5.11 Å². The van der Waals surface area contributed by atoms with Crippen LogP contribution in [0.25, 0.3) is 0 Å². The Morgan fingerprint density at radius 2 is 1.90 bits per heavy atom. The van der Waals surface area contributed by atoms with Gasteiger partial charge >= 0.3 is 0 Å². The maximum Gasteiger partial charge on any atom is 0.203 e. The number of hydrazone groups is 1. The van der Waals surface area contributed by atoms with Gasteiger partial charge in [0.25, 0.3) is 0 Å². The van der Waals surface area contributed by atoms with Crippen LogP contribution in [0.2, 0.25) is 0 Å². The van der Waals surface area contributed by atoms with Gasteiger partial charge in [0.05, 0.1) is 11.9 Å². The van der Waals surface area contributed by atoms with Gasteiger partial charge in [-0.1, -0.05) is 40.5 Å². The summed E-state index contributed by atoms with van der Waals surface area (Å²) in [4.78, 5) is 4.74. The molecule has 1 aliphatic rings. The Hall–Kier alpha value is -2.18. The van der Waals surface area contributed by atoms with Crippen molar-refractivity contribution in [2.45, 2.75) is 51.9 Å². The summed E-state index contributed by atoms with van der Waals surface area (Å²) in [6, 6.07) is 9.84. The number of aromatic hydroxyl groups is 1. The molecule has 30 heavy (non-hydrogen) atoms. The molecular weight excluding hydrogens is 458 g/mol. The molecule has 0 radical (unpaired) electrons. The van der Waals surface area contributed by atoms with Crippen LogP contribution in [0.3, 0.4) is 0 Å². The summed E-state index contributed by atoms with van der Waals surface area (Å²) in [5, 5.41) is 17.0. The zero-order chi connectivity index (χ0) is 21.5. The van der Waals surface area contributed by atoms with E-state index in [1.54, 1.807) is 29.7 Å². The summed E-state index contributed by atoms with van der Waals surface area (Å²) in [5.74, 6) is 0.680. The van der Waals surface area contributed by atoms with E-state index in [-0.39, 0.29) is 11.2 Å². The number of benzene rings is 2. The van der Waals surface area contributed by atoms with Crippen molar-refractivity contribution in [3.8, 4) is 5.75 Å². The minimum Gasteiger partial charge on any atom is -0.507 e. The fourth-order valence-electron chi connectivity index (χ4n) is 4.88. The molecule has 156 valence electrons. The van der Waals surface area contributed by atoms with E-state index in [1.165, 1.54) is 22.3 Å². The molecule has 2 aromatic carbocycles. The summed E-state index contributed by atoms with van der Waals surface area (Å²) in [6.45, 7) is 9.02. The Kier molecular flexibility index (Phi) is 5.73. The number of aryl methyl sites for hydroxylation is 3. The third-order valence-electron chi connectivity index (χ3n) is 5.97. The minimum atomic E-state index is 0.194. The monoisotopic (exact) mass is 483 g/mol. The van der Waals surface area contributed by atoms with Crippen molar-refractivity contribution in [3.63, 3.8) is 0 Å². The number of phenols is 1. The van der Waals surface area contributed by atoms with Crippen molar-refractivity contribution in [1.29, 1.82) is 0 Å². The van der Waals surface area contributed by atoms with Crippen LogP contribution in [0.15, 0.2) is 45.3 Å². The van der Waals surface area contributed by atoms with Crippen molar-refractivity contribution in [2.24, 2.45) is 5.10 Å². The lowest BCUT2D eigenvalue weighted by molar-refractivity contribution is 0.220. The highest BCUT2D eigenvalue weighted by molar-refractivity contribution is 9.10.